The van der Waals surface area contributed by atoms with Crippen molar-refractivity contribution >= 4 is 29.1 Å². The Hall–Kier alpha value is -3.46. The van der Waals surface area contributed by atoms with Gasteiger partial charge in [-0.1, -0.05) is 24.3 Å². The maximum absolute atomic E-state index is 14.1. The molecule has 2 aromatic carbocycles. The van der Waals surface area contributed by atoms with E-state index < -0.39 is 6.04 Å². The van der Waals surface area contributed by atoms with Crippen LogP contribution < -0.4 is 15.5 Å². The molecule has 2 N–H and O–H groups in total. The molecular formula is C25H30FN5O3. The number of benzene rings is 2. The quantitative estimate of drug-likeness (QED) is 0.675. The molecule has 2 aromatic rings. The molecular weight excluding hydrogens is 437 g/mol. The van der Waals surface area contributed by atoms with Crippen LogP contribution in [0.4, 0.5) is 15.8 Å². The highest BCUT2D eigenvalue weighted by Gasteiger charge is 2.35. The highest BCUT2D eigenvalue weighted by Crippen LogP contribution is 2.20. The lowest BCUT2D eigenvalue weighted by Gasteiger charge is -2.39. The van der Waals surface area contributed by atoms with Gasteiger partial charge in [-0.3, -0.25) is 19.3 Å². The summed E-state index contributed by atoms with van der Waals surface area (Å²) in [6.07, 6.45) is -0.105. The zero-order valence-electron chi connectivity index (χ0n) is 19.3. The van der Waals surface area contributed by atoms with Crippen LogP contribution in [0.5, 0.6) is 0 Å². The van der Waals surface area contributed by atoms with Crippen molar-refractivity contribution in [3.05, 3.63) is 59.9 Å². The van der Waals surface area contributed by atoms with Crippen molar-refractivity contribution < 1.29 is 18.8 Å². The number of anilines is 2. The van der Waals surface area contributed by atoms with E-state index in [-0.39, 0.29) is 36.5 Å². The normalized spacial score (nSPS) is 19.0. The van der Waals surface area contributed by atoms with Gasteiger partial charge in [-0.2, -0.15) is 0 Å². The summed E-state index contributed by atoms with van der Waals surface area (Å²) < 4.78 is 14.1. The van der Waals surface area contributed by atoms with E-state index in [0.29, 0.717) is 50.6 Å². The summed E-state index contributed by atoms with van der Waals surface area (Å²) in [5.41, 5.74) is 2.24. The molecule has 3 amide bonds. The summed E-state index contributed by atoms with van der Waals surface area (Å²) in [4.78, 5) is 43.8. The fourth-order valence-electron chi connectivity index (χ4n) is 4.46. The molecule has 2 fully saturated rings. The molecule has 0 aromatic heterocycles. The molecule has 9 heteroatoms. The van der Waals surface area contributed by atoms with Crippen LogP contribution in [0.25, 0.3) is 0 Å². The lowest BCUT2D eigenvalue weighted by Crippen LogP contribution is -2.60. The van der Waals surface area contributed by atoms with Gasteiger partial charge in [-0.05, 0) is 36.8 Å². The van der Waals surface area contributed by atoms with Gasteiger partial charge >= 0.3 is 0 Å². The number of para-hydroxylation sites is 1. The van der Waals surface area contributed by atoms with E-state index in [1.54, 1.807) is 18.2 Å². The molecule has 0 unspecified atom stereocenters. The topological polar surface area (TPSA) is 85.0 Å². The fraction of sp³-hybridized carbons (Fsp3) is 0.400. The zero-order valence-corrected chi connectivity index (χ0v) is 19.3. The van der Waals surface area contributed by atoms with Crippen molar-refractivity contribution in [3.8, 4) is 0 Å². The minimum atomic E-state index is -0.842. The van der Waals surface area contributed by atoms with Gasteiger partial charge in [0.25, 0.3) is 0 Å². The number of piperazine rings is 2. The molecule has 0 saturated carbocycles. The molecule has 0 radical (unpaired) electrons. The minimum absolute atomic E-state index is 0.105. The Morgan fingerprint density at radius 1 is 1.06 bits per heavy atom. The van der Waals surface area contributed by atoms with E-state index in [9.17, 15) is 18.8 Å². The Balaban J connectivity index is 1.33. The zero-order chi connectivity index (χ0) is 24.1. The lowest BCUT2D eigenvalue weighted by molar-refractivity contribution is -0.145. The molecule has 180 valence electrons. The van der Waals surface area contributed by atoms with Crippen molar-refractivity contribution in [2.24, 2.45) is 0 Å². The Morgan fingerprint density at radius 2 is 1.82 bits per heavy atom. The standard InChI is InChI=1S/C25H30FN5O3/c1-18-5-4-6-19(15-18)28-23(32)16-22-25(34)27-9-10-31(22)24(33)17-29-11-13-30(14-12-29)21-8-3-2-7-20(21)26/h2-8,15,22H,9-14,16-17H2,1H3,(H,27,34)(H,28,32)/t22-/m0/s1. The number of hydrogen-bond donors (Lipinski definition) is 2. The van der Waals surface area contributed by atoms with Gasteiger partial charge in [0, 0.05) is 45.0 Å². The third kappa shape index (κ3) is 5.72. The molecule has 0 bridgehead atoms. The number of aryl methyl sites for hydroxylation is 1. The predicted molar refractivity (Wildman–Crippen MR) is 128 cm³/mol. The molecule has 8 nitrogen and oxygen atoms in total. The Labute approximate surface area is 198 Å². The van der Waals surface area contributed by atoms with Crippen LogP contribution in [0.2, 0.25) is 0 Å². The largest absolute Gasteiger partial charge is 0.367 e. The maximum Gasteiger partial charge on any atom is 0.243 e. The molecule has 0 aliphatic carbocycles. The summed E-state index contributed by atoms with van der Waals surface area (Å²) in [5, 5.41) is 5.57. The van der Waals surface area contributed by atoms with E-state index in [0.717, 1.165) is 5.56 Å². The summed E-state index contributed by atoms with van der Waals surface area (Å²) in [7, 11) is 0. The van der Waals surface area contributed by atoms with Gasteiger partial charge in [0.05, 0.1) is 18.7 Å². The molecule has 2 saturated heterocycles. The second kappa shape index (κ2) is 10.6. The van der Waals surface area contributed by atoms with Gasteiger partial charge < -0.3 is 20.4 Å². The van der Waals surface area contributed by atoms with Crippen LogP contribution in [-0.4, -0.2) is 79.4 Å². The Kier molecular flexibility index (Phi) is 7.42. The number of nitrogens with zero attached hydrogens (tertiary/aromatic N) is 3. The summed E-state index contributed by atoms with van der Waals surface area (Å²) in [5.74, 6) is -1.06. The fourth-order valence-corrected chi connectivity index (χ4v) is 4.46. The summed E-state index contributed by atoms with van der Waals surface area (Å²) >= 11 is 0. The third-order valence-electron chi connectivity index (χ3n) is 6.26. The third-order valence-corrected chi connectivity index (χ3v) is 6.26. The van der Waals surface area contributed by atoms with Crippen molar-refractivity contribution in [1.82, 2.24) is 15.1 Å². The van der Waals surface area contributed by atoms with Gasteiger partial charge in [0.2, 0.25) is 17.7 Å². The molecule has 34 heavy (non-hydrogen) atoms. The molecule has 2 heterocycles. The van der Waals surface area contributed by atoms with Crippen LogP contribution in [-0.2, 0) is 14.4 Å². The van der Waals surface area contributed by atoms with E-state index in [1.165, 1.54) is 11.0 Å². The van der Waals surface area contributed by atoms with Gasteiger partial charge in [-0.25, -0.2) is 4.39 Å². The summed E-state index contributed by atoms with van der Waals surface area (Å²) in [6, 6.07) is 13.3. The Morgan fingerprint density at radius 3 is 2.56 bits per heavy atom. The number of halogens is 1. The van der Waals surface area contributed by atoms with E-state index >= 15 is 0 Å². The number of amides is 3. The molecule has 4 rings (SSSR count). The van der Waals surface area contributed by atoms with Crippen LogP contribution in [0.15, 0.2) is 48.5 Å². The Bertz CT molecular complexity index is 1050. The summed E-state index contributed by atoms with van der Waals surface area (Å²) in [6.45, 7) is 5.25. The predicted octanol–water partition coefficient (Wildman–Crippen LogP) is 1.61. The smallest absolute Gasteiger partial charge is 0.243 e. The number of rotatable bonds is 6. The van der Waals surface area contributed by atoms with E-state index in [4.69, 9.17) is 0 Å². The van der Waals surface area contributed by atoms with Crippen LogP contribution in [0.3, 0.4) is 0 Å². The number of hydrogen-bond acceptors (Lipinski definition) is 5. The van der Waals surface area contributed by atoms with Crippen LogP contribution in [0, 0.1) is 12.7 Å². The van der Waals surface area contributed by atoms with Crippen molar-refractivity contribution in [2.45, 2.75) is 19.4 Å². The number of carbonyl (C=O) groups is 3. The number of carbonyl (C=O) groups excluding carboxylic acids is 3. The highest BCUT2D eigenvalue weighted by molar-refractivity contribution is 5.97. The number of nitrogens with one attached hydrogen (secondary N) is 2. The molecule has 1 atom stereocenters. The first kappa shape index (κ1) is 23.7. The molecule has 2 aliphatic heterocycles. The second-order valence-electron chi connectivity index (χ2n) is 8.73. The SMILES string of the molecule is Cc1cccc(NC(=O)C[C@H]2C(=O)NCCN2C(=O)CN2CCN(c3ccccc3F)CC2)c1. The lowest BCUT2D eigenvalue weighted by atomic mass is 10.1. The second-order valence-corrected chi connectivity index (χ2v) is 8.73. The molecule has 0 spiro atoms. The maximum atomic E-state index is 14.1. The van der Waals surface area contributed by atoms with Gasteiger partial charge in [-0.15, -0.1) is 0 Å². The first-order valence-electron chi connectivity index (χ1n) is 11.6. The van der Waals surface area contributed by atoms with Gasteiger partial charge in [0.1, 0.15) is 11.9 Å². The van der Waals surface area contributed by atoms with Crippen LogP contribution >= 0.6 is 0 Å². The van der Waals surface area contributed by atoms with Crippen molar-refractivity contribution in [3.63, 3.8) is 0 Å². The highest BCUT2D eigenvalue weighted by atomic mass is 19.1. The minimum Gasteiger partial charge on any atom is -0.367 e. The average Bonchev–Trinajstić information content (AvgIpc) is 2.81. The van der Waals surface area contributed by atoms with Crippen molar-refractivity contribution in [1.29, 1.82) is 0 Å². The molecule has 2 aliphatic rings. The van der Waals surface area contributed by atoms with Crippen LogP contribution in [0.1, 0.15) is 12.0 Å². The van der Waals surface area contributed by atoms with Crippen molar-refractivity contribution in [2.75, 3.05) is 56.0 Å². The van der Waals surface area contributed by atoms with E-state index in [1.807, 2.05) is 41.0 Å². The average molecular weight is 468 g/mol. The first-order valence-corrected chi connectivity index (χ1v) is 11.6. The van der Waals surface area contributed by atoms with Gasteiger partial charge in [0.15, 0.2) is 0 Å². The first-order chi connectivity index (χ1) is 16.4. The van der Waals surface area contributed by atoms with E-state index in [2.05, 4.69) is 10.6 Å². The monoisotopic (exact) mass is 467 g/mol.